The van der Waals surface area contributed by atoms with Crippen LogP contribution in [0, 0.1) is 17.8 Å². The Kier molecular flexibility index (Phi) is 5.18. The largest absolute Gasteiger partial charge is 0.449 e. The molecular weight excluding hydrogens is 390 g/mol. The van der Waals surface area contributed by atoms with Crippen LogP contribution in [0.1, 0.15) is 54.1 Å². The molecule has 0 amide bonds. The molecule has 31 heavy (non-hydrogen) atoms. The number of aromatic amines is 1. The second-order valence-corrected chi connectivity index (χ2v) is 8.74. The lowest BCUT2D eigenvalue weighted by molar-refractivity contribution is -0.156. The maximum Gasteiger partial charge on any atom is 0.310 e. The number of esters is 1. The molecule has 3 aromatic rings. The van der Waals surface area contributed by atoms with Gasteiger partial charge >= 0.3 is 5.97 Å². The predicted molar refractivity (Wildman–Crippen MR) is 116 cm³/mol. The number of benzene rings is 2. The molecule has 1 N–H and O–H groups in total. The molecule has 2 fully saturated rings. The molecule has 0 radical (unpaired) electrons. The van der Waals surface area contributed by atoms with Gasteiger partial charge in [0.25, 0.3) is 0 Å². The summed E-state index contributed by atoms with van der Waals surface area (Å²) in [5.74, 6) is -0.704. The van der Waals surface area contributed by atoms with Crippen molar-refractivity contribution in [2.75, 3.05) is 0 Å². The number of ether oxygens (including phenoxy) is 1. The highest BCUT2D eigenvalue weighted by molar-refractivity contribution is 6.10. The van der Waals surface area contributed by atoms with E-state index in [0.717, 1.165) is 30.2 Å². The van der Waals surface area contributed by atoms with Crippen molar-refractivity contribution >= 4 is 28.4 Å². The minimum atomic E-state index is -1.01. The average Bonchev–Trinajstić information content (AvgIpc) is 3.21. The van der Waals surface area contributed by atoms with Gasteiger partial charge in [-0.25, -0.2) is 0 Å². The summed E-state index contributed by atoms with van der Waals surface area (Å²) < 4.78 is 5.90. The Balaban J connectivity index is 1.43. The van der Waals surface area contributed by atoms with Crippen molar-refractivity contribution in [3.8, 4) is 0 Å². The van der Waals surface area contributed by atoms with Gasteiger partial charge in [-0.05, 0) is 31.7 Å². The molecule has 2 saturated carbocycles. The minimum Gasteiger partial charge on any atom is -0.449 e. The lowest BCUT2D eigenvalue weighted by Gasteiger charge is -2.36. The molecule has 5 rings (SSSR count). The van der Waals surface area contributed by atoms with Crippen molar-refractivity contribution in [2.24, 2.45) is 17.8 Å². The molecule has 1 heterocycles. The lowest BCUT2D eigenvalue weighted by atomic mass is 9.67. The highest BCUT2D eigenvalue weighted by atomic mass is 16.5. The van der Waals surface area contributed by atoms with Crippen LogP contribution in [0.3, 0.4) is 0 Å². The van der Waals surface area contributed by atoms with E-state index >= 15 is 0 Å². The zero-order valence-electron chi connectivity index (χ0n) is 17.3. The molecule has 1 unspecified atom stereocenters. The van der Waals surface area contributed by atoms with E-state index < -0.39 is 6.10 Å². The third-order valence-electron chi connectivity index (χ3n) is 6.81. The number of hydrogen-bond acceptors (Lipinski definition) is 4. The van der Waals surface area contributed by atoms with E-state index in [9.17, 15) is 14.4 Å². The van der Waals surface area contributed by atoms with Crippen molar-refractivity contribution in [3.63, 3.8) is 0 Å². The van der Waals surface area contributed by atoms with Crippen LogP contribution in [-0.2, 0) is 14.3 Å². The fourth-order valence-corrected chi connectivity index (χ4v) is 5.20. The van der Waals surface area contributed by atoms with E-state index in [1.54, 1.807) is 6.20 Å². The third kappa shape index (κ3) is 3.69. The van der Waals surface area contributed by atoms with Crippen LogP contribution in [0.2, 0.25) is 0 Å². The van der Waals surface area contributed by atoms with Crippen LogP contribution in [0.15, 0.2) is 60.8 Å². The first kappa shape index (κ1) is 19.7. The summed E-state index contributed by atoms with van der Waals surface area (Å²) in [7, 11) is 0. The average molecular weight is 415 g/mol. The van der Waals surface area contributed by atoms with Crippen molar-refractivity contribution in [3.05, 3.63) is 71.9 Å². The van der Waals surface area contributed by atoms with E-state index in [1.165, 1.54) is 0 Å². The summed E-state index contributed by atoms with van der Waals surface area (Å²) >= 11 is 0. The number of carbonyl (C=O) groups excluding carboxylic acids is 3. The summed E-state index contributed by atoms with van der Waals surface area (Å²) in [6, 6.07) is 16.7. The molecule has 0 spiro atoms. The molecule has 158 valence electrons. The van der Waals surface area contributed by atoms with Gasteiger partial charge in [0.05, 0.1) is 5.92 Å². The number of fused-ring (bicyclic) bond motifs is 3. The summed E-state index contributed by atoms with van der Waals surface area (Å²) in [6.45, 7) is 0. The Labute approximate surface area is 180 Å². The van der Waals surface area contributed by atoms with Gasteiger partial charge in [0.1, 0.15) is 5.78 Å². The monoisotopic (exact) mass is 415 g/mol. The van der Waals surface area contributed by atoms with Crippen LogP contribution < -0.4 is 0 Å². The van der Waals surface area contributed by atoms with Gasteiger partial charge in [0.2, 0.25) is 5.78 Å². The third-order valence-corrected chi connectivity index (χ3v) is 6.81. The van der Waals surface area contributed by atoms with Crippen LogP contribution in [0.25, 0.3) is 10.9 Å². The summed E-state index contributed by atoms with van der Waals surface area (Å²) in [5, 5.41) is 0.808. The summed E-state index contributed by atoms with van der Waals surface area (Å²) in [6.07, 6.45) is 4.51. The predicted octanol–water partition coefficient (Wildman–Crippen LogP) is 5.03. The zero-order chi connectivity index (χ0) is 21.4. The molecule has 2 aliphatic rings. The summed E-state index contributed by atoms with van der Waals surface area (Å²) in [5.41, 5.74) is 2.02. The van der Waals surface area contributed by atoms with Gasteiger partial charge in [0, 0.05) is 40.1 Å². The second kappa shape index (κ2) is 8.14. The quantitative estimate of drug-likeness (QED) is 0.468. The van der Waals surface area contributed by atoms with Crippen LogP contribution in [0.5, 0.6) is 0 Å². The SMILES string of the molecule is O=C(O[C@@H](C(=O)c1c[nH]c2ccccc12)c1ccccc1)C1C[C@H]2CCC[C@@H](C1)C2=O. The second-order valence-electron chi connectivity index (χ2n) is 8.74. The van der Waals surface area contributed by atoms with Crippen LogP contribution in [-0.4, -0.2) is 22.5 Å². The normalized spacial score (nSPS) is 24.0. The first-order valence-electron chi connectivity index (χ1n) is 11.0. The zero-order valence-corrected chi connectivity index (χ0v) is 17.3. The standard InChI is InChI=1S/C26H25NO4/c28-23-17-9-6-10-18(23)14-19(13-17)26(30)31-25(16-7-2-1-3-8-16)24(29)21-15-27-22-12-5-4-11-20(21)22/h1-5,7-8,11-12,15,17-19,25,27H,6,9-10,13-14H2/t17-,18+,19?,25-/m1/s1. The van der Waals surface area contributed by atoms with Crippen LogP contribution >= 0.6 is 0 Å². The number of rotatable bonds is 5. The molecule has 4 atom stereocenters. The number of H-pyrrole nitrogens is 1. The minimum absolute atomic E-state index is 0.0375. The number of Topliss-reactive ketones (excluding diaryl/α,β-unsaturated/α-hetero) is 2. The van der Waals surface area contributed by atoms with Gasteiger partial charge in [-0.2, -0.15) is 0 Å². The Morgan fingerprint density at radius 2 is 1.61 bits per heavy atom. The first-order chi connectivity index (χ1) is 15.1. The molecule has 5 nitrogen and oxygen atoms in total. The summed E-state index contributed by atoms with van der Waals surface area (Å²) in [4.78, 5) is 42.2. The first-order valence-corrected chi connectivity index (χ1v) is 11.0. The van der Waals surface area contributed by atoms with E-state index in [0.29, 0.717) is 29.8 Å². The molecular formula is C26H25NO4. The number of aromatic nitrogens is 1. The van der Waals surface area contributed by atoms with E-state index in [-0.39, 0.29) is 29.5 Å². The van der Waals surface area contributed by atoms with Gasteiger partial charge in [-0.15, -0.1) is 0 Å². The number of nitrogens with one attached hydrogen (secondary N) is 1. The fraction of sp³-hybridized carbons (Fsp3) is 0.346. The molecule has 0 aliphatic heterocycles. The number of ketones is 2. The van der Waals surface area contributed by atoms with Crippen LogP contribution in [0.4, 0.5) is 0 Å². The van der Waals surface area contributed by atoms with Crippen molar-refractivity contribution in [1.82, 2.24) is 4.98 Å². The highest BCUT2D eigenvalue weighted by Crippen LogP contribution is 2.41. The Bertz CT molecular complexity index is 1120. The van der Waals surface area contributed by atoms with Crippen molar-refractivity contribution in [2.45, 2.75) is 38.2 Å². The van der Waals surface area contributed by atoms with E-state index in [2.05, 4.69) is 4.98 Å². The molecule has 2 aliphatic carbocycles. The molecule has 0 saturated heterocycles. The topological polar surface area (TPSA) is 76.2 Å². The Morgan fingerprint density at radius 3 is 2.35 bits per heavy atom. The molecule has 5 heteroatoms. The maximum absolute atomic E-state index is 13.5. The van der Waals surface area contributed by atoms with Gasteiger partial charge in [-0.3, -0.25) is 14.4 Å². The van der Waals surface area contributed by atoms with E-state index in [4.69, 9.17) is 4.74 Å². The number of hydrogen-bond donors (Lipinski definition) is 1. The molecule has 2 bridgehead atoms. The smallest absolute Gasteiger partial charge is 0.310 e. The fourth-order valence-electron chi connectivity index (χ4n) is 5.20. The highest BCUT2D eigenvalue weighted by Gasteiger charge is 2.43. The van der Waals surface area contributed by atoms with Gasteiger partial charge in [0.15, 0.2) is 6.10 Å². The van der Waals surface area contributed by atoms with Crippen molar-refractivity contribution in [1.29, 1.82) is 0 Å². The molecule has 2 aromatic carbocycles. The number of para-hydroxylation sites is 1. The Hall–Kier alpha value is -3.21. The van der Waals surface area contributed by atoms with Gasteiger partial charge in [-0.1, -0.05) is 55.0 Å². The van der Waals surface area contributed by atoms with E-state index in [1.807, 2.05) is 54.6 Å². The molecule has 1 aromatic heterocycles. The maximum atomic E-state index is 13.5. The Morgan fingerprint density at radius 1 is 0.935 bits per heavy atom. The number of carbonyl (C=O) groups is 3. The lowest BCUT2D eigenvalue weighted by Crippen LogP contribution is -2.40. The van der Waals surface area contributed by atoms with Gasteiger partial charge < -0.3 is 9.72 Å². The van der Waals surface area contributed by atoms with Crippen molar-refractivity contribution < 1.29 is 19.1 Å².